The van der Waals surface area contributed by atoms with Gasteiger partial charge in [0.25, 0.3) is 10.1 Å². The van der Waals surface area contributed by atoms with Crippen LogP contribution in [0.15, 0.2) is 88.7 Å². The normalized spacial score (nSPS) is 20.7. The molecule has 0 aromatic heterocycles. The number of nitrogens with zero attached hydrogens (tertiary/aromatic N) is 1. The lowest BCUT2D eigenvalue weighted by Gasteiger charge is -2.31. The van der Waals surface area contributed by atoms with E-state index in [1.807, 2.05) is 51.1 Å². The summed E-state index contributed by atoms with van der Waals surface area (Å²) in [4.78, 5) is 13.1. The van der Waals surface area contributed by atoms with Crippen LogP contribution in [-0.2, 0) is 51.6 Å². The van der Waals surface area contributed by atoms with E-state index in [1.54, 1.807) is 12.1 Å². The van der Waals surface area contributed by atoms with Gasteiger partial charge in [0.1, 0.15) is 6.10 Å². The van der Waals surface area contributed by atoms with Crippen LogP contribution in [0.2, 0.25) is 0 Å². The molecule has 2 saturated heterocycles. The van der Waals surface area contributed by atoms with Crippen LogP contribution in [0.25, 0.3) is 0 Å². The number of nitrogens with one attached hydrogen (secondary N) is 1. The molecule has 0 bridgehead atoms. The van der Waals surface area contributed by atoms with E-state index < -0.39 is 50.8 Å². The average Bonchev–Trinajstić information content (AvgIpc) is 3.69. The molecule has 2 heterocycles. The zero-order chi connectivity index (χ0) is 35.2. The number of rotatable bonds is 15. The monoisotopic (exact) mass is 716 g/mol. The number of alkyl carbamates (subject to hydrolysis) is 1. The molecule has 1 amide bonds. The van der Waals surface area contributed by atoms with E-state index in [2.05, 4.69) is 5.32 Å². The number of benzene rings is 3. The number of aliphatic hydroxyl groups excluding tert-OH is 1. The number of ether oxygens (including phenoxy) is 3. The van der Waals surface area contributed by atoms with Crippen LogP contribution >= 0.6 is 0 Å². The number of carbonyl (C=O) groups excluding carboxylic acids is 1. The molecule has 49 heavy (non-hydrogen) atoms. The molecule has 2 aliphatic heterocycles. The summed E-state index contributed by atoms with van der Waals surface area (Å²) in [6.07, 6.45) is -1.99. The van der Waals surface area contributed by atoms with Crippen molar-refractivity contribution >= 4 is 26.2 Å². The molecule has 5 rings (SSSR count). The van der Waals surface area contributed by atoms with Gasteiger partial charge in [0.05, 0.1) is 47.7 Å². The second kappa shape index (κ2) is 16.1. The van der Waals surface area contributed by atoms with Gasteiger partial charge in [0.15, 0.2) is 6.29 Å². The van der Waals surface area contributed by atoms with Crippen LogP contribution in [0.3, 0.4) is 0 Å². The van der Waals surface area contributed by atoms with Gasteiger partial charge >= 0.3 is 6.09 Å². The molecule has 2 aliphatic rings. The van der Waals surface area contributed by atoms with E-state index in [0.29, 0.717) is 18.6 Å². The van der Waals surface area contributed by atoms with E-state index in [0.717, 1.165) is 11.1 Å². The summed E-state index contributed by atoms with van der Waals surface area (Å²) in [7, 11) is -8.13. The van der Waals surface area contributed by atoms with Gasteiger partial charge in [-0.05, 0) is 61.1 Å². The van der Waals surface area contributed by atoms with Crippen molar-refractivity contribution in [3.05, 3.63) is 95.6 Å². The Kier molecular flexibility index (Phi) is 12.1. The number of fused-ring (bicyclic) bond motifs is 1. The van der Waals surface area contributed by atoms with Gasteiger partial charge in [0.2, 0.25) is 10.0 Å². The summed E-state index contributed by atoms with van der Waals surface area (Å²) in [5.41, 5.74) is 2.20. The van der Waals surface area contributed by atoms with Crippen molar-refractivity contribution in [3.8, 4) is 0 Å². The minimum atomic E-state index is -4.12. The highest BCUT2D eigenvalue weighted by atomic mass is 32.2. The SMILES string of the molecule is Cc1ccc(S(=O)(=O)OCc2ccc(S(=O)(=O)N(CC(C)C)C[C@@H](O)[C@H](Cc3ccccc3)NC(=O)O[C@H]3CO[C@H]4OCCC43)cc2)cc1. The zero-order valence-electron chi connectivity index (χ0n) is 27.8. The summed E-state index contributed by atoms with van der Waals surface area (Å²) in [6.45, 7) is 5.83. The molecule has 0 saturated carbocycles. The third-order valence-electron chi connectivity index (χ3n) is 8.52. The lowest BCUT2D eigenvalue weighted by Crippen LogP contribution is -2.51. The first-order chi connectivity index (χ1) is 23.3. The molecule has 14 heteroatoms. The number of amides is 1. The Morgan fingerprint density at radius 1 is 0.918 bits per heavy atom. The van der Waals surface area contributed by atoms with Crippen LogP contribution in [0.5, 0.6) is 0 Å². The molecule has 266 valence electrons. The molecule has 0 spiro atoms. The number of sulfonamides is 1. The summed E-state index contributed by atoms with van der Waals surface area (Å²) in [5.74, 6) is -0.151. The van der Waals surface area contributed by atoms with E-state index in [4.69, 9.17) is 18.4 Å². The lowest BCUT2D eigenvalue weighted by atomic mass is 10.0. The highest BCUT2D eigenvalue weighted by Gasteiger charge is 2.44. The van der Waals surface area contributed by atoms with Crippen molar-refractivity contribution in [1.29, 1.82) is 0 Å². The largest absolute Gasteiger partial charge is 0.443 e. The number of hydrogen-bond acceptors (Lipinski definition) is 10. The quantitative estimate of drug-likeness (QED) is 0.220. The van der Waals surface area contributed by atoms with Gasteiger partial charge in [-0.2, -0.15) is 12.7 Å². The first kappa shape index (κ1) is 36.9. The predicted octanol–water partition coefficient (Wildman–Crippen LogP) is 4.01. The molecule has 2 fully saturated rings. The van der Waals surface area contributed by atoms with Crippen LogP contribution < -0.4 is 5.32 Å². The number of aryl methyl sites for hydroxylation is 1. The molecule has 0 aliphatic carbocycles. The summed E-state index contributed by atoms with van der Waals surface area (Å²) in [6, 6.07) is 20.4. The van der Waals surface area contributed by atoms with Crippen molar-refractivity contribution in [2.24, 2.45) is 11.8 Å². The lowest BCUT2D eigenvalue weighted by molar-refractivity contribution is -0.0907. The maximum atomic E-state index is 13.9. The smallest absolute Gasteiger partial charge is 0.407 e. The Labute approximate surface area is 288 Å². The predicted molar refractivity (Wildman–Crippen MR) is 180 cm³/mol. The third-order valence-corrected chi connectivity index (χ3v) is 11.6. The minimum Gasteiger partial charge on any atom is -0.443 e. The Bertz CT molecular complexity index is 1750. The molecular formula is C35H44N2O10S2. The fraction of sp³-hybridized carbons (Fsp3) is 0.457. The Hall–Kier alpha value is -3.37. The standard InChI is InChI=1S/C35H44N2O10S2/c1-24(2)20-37(48(40,41)28-15-11-27(12-16-28)22-46-49(42,43)29-13-9-25(3)10-14-29)21-32(38)31(19-26-7-5-4-6-8-26)36-35(39)47-33-23-45-34-30(33)17-18-44-34/h4-16,24,30-34,38H,17-23H2,1-3H3,(H,36,39)/t30?,31-,32+,33-,34+/m0/s1. The Balaban J connectivity index is 1.28. The van der Waals surface area contributed by atoms with Gasteiger partial charge < -0.3 is 24.6 Å². The minimum absolute atomic E-state index is 0.0260. The zero-order valence-corrected chi connectivity index (χ0v) is 29.4. The highest BCUT2D eigenvalue weighted by molar-refractivity contribution is 7.89. The summed E-state index contributed by atoms with van der Waals surface area (Å²) >= 11 is 0. The van der Waals surface area contributed by atoms with Crippen molar-refractivity contribution < 1.29 is 45.1 Å². The van der Waals surface area contributed by atoms with E-state index >= 15 is 0 Å². The summed E-state index contributed by atoms with van der Waals surface area (Å²) in [5, 5.41) is 14.3. The molecule has 5 atom stereocenters. The van der Waals surface area contributed by atoms with Crippen LogP contribution in [0.4, 0.5) is 4.79 Å². The average molecular weight is 717 g/mol. The van der Waals surface area contributed by atoms with Crippen molar-refractivity contribution in [1.82, 2.24) is 9.62 Å². The third kappa shape index (κ3) is 9.66. The fourth-order valence-electron chi connectivity index (χ4n) is 5.86. The van der Waals surface area contributed by atoms with Gasteiger partial charge in [0, 0.05) is 13.1 Å². The maximum absolute atomic E-state index is 13.9. The molecular weight excluding hydrogens is 673 g/mol. The van der Waals surface area contributed by atoms with Crippen LogP contribution in [-0.4, -0.2) is 83.2 Å². The second-order valence-corrected chi connectivity index (χ2v) is 16.4. The van der Waals surface area contributed by atoms with E-state index in [-0.39, 0.29) is 54.4 Å². The first-order valence-electron chi connectivity index (χ1n) is 16.3. The van der Waals surface area contributed by atoms with E-state index in [1.165, 1.54) is 40.7 Å². The van der Waals surface area contributed by atoms with Crippen LogP contribution in [0.1, 0.15) is 37.0 Å². The van der Waals surface area contributed by atoms with E-state index in [9.17, 15) is 26.7 Å². The molecule has 0 radical (unpaired) electrons. The highest BCUT2D eigenvalue weighted by Crippen LogP contribution is 2.33. The topological polar surface area (TPSA) is 158 Å². The summed E-state index contributed by atoms with van der Waals surface area (Å²) < 4.78 is 76.3. The van der Waals surface area contributed by atoms with Gasteiger partial charge in [-0.25, -0.2) is 13.2 Å². The molecule has 3 aromatic carbocycles. The second-order valence-electron chi connectivity index (χ2n) is 12.9. The number of carbonyl (C=O) groups is 1. The maximum Gasteiger partial charge on any atom is 0.407 e. The number of aliphatic hydroxyl groups is 1. The van der Waals surface area contributed by atoms with Crippen molar-refractivity contribution in [2.75, 3.05) is 26.3 Å². The van der Waals surface area contributed by atoms with Gasteiger partial charge in [-0.15, -0.1) is 0 Å². The van der Waals surface area contributed by atoms with Crippen LogP contribution in [0, 0.1) is 18.8 Å². The van der Waals surface area contributed by atoms with Crippen molar-refractivity contribution in [3.63, 3.8) is 0 Å². The number of hydrogen-bond donors (Lipinski definition) is 2. The molecule has 1 unspecified atom stereocenters. The Morgan fingerprint density at radius 2 is 1.59 bits per heavy atom. The molecule has 3 aromatic rings. The molecule has 12 nitrogen and oxygen atoms in total. The van der Waals surface area contributed by atoms with Crippen molar-refractivity contribution in [2.45, 2.75) is 74.6 Å². The first-order valence-corrected chi connectivity index (χ1v) is 19.1. The fourth-order valence-corrected chi connectivity index (χ4v) is 8.38. The molecule has 2 N–H and O–H groups in total. The van der Waals surface area contributed by atoms with Gasteiger partial charge in [-0.1, -0.05) is 74.0 Å². The Morgan fingerprint density at radius 3 is 2.27 bits per heavy atom. The van der Waals surface area contributed by atoms with Gasteiger partial charge in [-0.3, -0.25) is 4.18 Å².